The van der Waals surface area contributed by atoms with Crippen molar-refractivity contribution < 1.29 is 22.7 Å². The molecule has 190 valence electrons. The Kier molecular flexibility index (Phi) is 9.22. The highest BCUT2D eigenvalue weighted by Crippen LogP contribution is 2.21. The smallest absolute Gasteiger partial charge is 0.333 e. The summed E-state index contributed by atoms with van der Waals surface area (Å²) in [7, 11) is -2.09. The topological polar surface area (TPSA) is 124 Å². The molecule has 0 spiro atoms. The molecular weight excluding hydrogens is 470 g/mol. The monoisotopic (exact) mass is 503 g/mol. The lowest BCUT2D eigenvalue weighted by atomic mass is 9.95. The molecule has 3 rings (SSSR count). The van der Waals surface area contributed by atoms with E-state index in [1.54, 1.807) is 41.0 Å². The number of rotatable bonds is 9. The minimum absolute atomic E-state index is 0.0368. The van der Waals surface area contributed by atoms with Crippen LogP contribution in [0, 0.1) is 0 Å². The highest BCUT2D eigenvalue weighted by atomic mass is 32.2. The molecule has 1 amide bonds. The number of nitrogens with one attached hydrogen (secondary N) is 2. The summed E-state index contributed by atoms with van der Waals surface area (Å²) in [6.07, 6.45) is 7.01. The number of methoxy groups -OCH3 is 1. The van der Waals surface area contributed by atoms with E-state index in [1.165, 1.54) is 7.11 Å². The number of hydrogen-bond donors (Lipinski definition) is 2. The van der Waals surface area contributed by atoms with Gasteiger partial charge < -0.3 is 14.6 Å². The quantitative estimate of drug-likeness (QED) is 0.399. The van der Waals surface area contributed by atoms with Crippen molar-refractivity contribution in [3.8, 4) is 0 Å². The van der Waals surface area contributed by atoms with Crippen LogP contribution in [0.3, 0.4) is 0 Å². The number of aromatic nitrogens is 1. The summed E-state index contributed by atoms with van der Waals surface area (Å²) in [5.74, 6) is -1.29. The van der Waals surface area contributed by atoms with Gasteiger partial charge in [0.1, 0.15) is 5.56 Å². The first-order valence-corrected chi connectivity index (χ1v) is 13.7. The third kappa shape index (κ3) is 7.25. The lowest BCUT2D eigenvalue weighted by molar-refractivity contribution is -0.143. The van der Waals surface area contributed by atoms with Crippen molar-refractivity contribution in [1.82, 2.24) is 14.6 Å². The Labute approximate surface area is 205 Å². The van der Waals surface area contributed by atoms with Crippen LogP contribution in [-0.2, 0) is 38.9 Å². The van der Waals surface area contributed by atoms with Gasteiger partial charge in [-0.1, -0.05) is 43.2 Å². The summed E-state index contributed by atoms with van der Waals surface area (Å²) in [5, 5.41) is 2.67. The molecule has 2 aromatic rings. The van der Waals surface area contributed by atoms with Crippen LogP contribution in [0.1, 0.15) is 65.3 Å². The number of sulfonamides is 1. The molecule has 2 N–H and O–H groups in total. The van der Waals surface area contributed by atoms with Crippen LogP contribution >= 0.6 is 0 Å². The summed E-state index contributed by atoms with van der Waals surface area (Å²) in [6.45, 7) is 0.471. The maximum atomic E-state index is 13.5. The van der Waals surface area contributed by atoms with Gasteiger partial charge in [0.2, 0.25) is 10.0 Å². The first kappa shape index (κ1) is 26.6. The molecule has 0 bridgehead atoms. The van der Waals surface area contributed by atoms with Crippen LogP contribution < -0.4 is 15.6 Å². The molecule has 0 aliphatic heterocycles. The number of nitrogens with zero attached hydrogens (tertiary/aromatic N) is 1. The van der Waals surface area contributed by atoms with Crippen molar-refractivity contribution in [2.45, 2.75) is 57.5 Å². The fourth-order valence-electron chi connectivity index (χ4n) is 4.38. The van der Waals surface area contributed by atoms with Gasteiger partial charge in [0.25, 0.3) is 11.5 Å². The van der Waals surface area contributed by atoms with Crippen molar-refractivity contribution >= 4 is 21.9 Å². The highest BCUT2D eigenvalue weighted by Gasteiger charge is 2.27. The van der Waals surface area contributed by atoms with Crippen LogP contribution in [0.2, 0.25) is 0 Å². The third-order valence-electron chi connectivity index (χ3n) is 6.11. The van der Waals surface area contributed by atoms with E-state index >= 15 is 0 Å². The molecular formula is C25H33N3O6S. The van der Waals surface area contributed by atoms with Crippen LogP contribution in [-0.4, -0.2) is 44.8 Å². The lowest BCUT2D eigenvalue weighted by Crippen LogP contribution is -2.39. The average molecular weight is 504 g/mol. The van der Waals surface area contributed by atoms with E-state index in [0.29, 0.717) is 12.0 Å². The van der Waals surface area contributed by atoms with Gasteiger partial charge in [0.05, 0.1) is 13.4 Å². The normalized spacial score (nSPS) is 14.8. The van der Waals surface area contributed by atoms with E-state index in [-0.39, 0.29) is 18.7 Å². The standard InChI is InChI=1S/C25H33N3O6S/c1-34-25(31)22(18-11-7-5-8-12-18)27-23(29)20-17-19-13-6-3-4-9-14-21(19)28(24(20)30)16-10-15-26-35(2,32)33/h5,7-8,11-12,17,22,26H,3-4,6,9-10,13-16H2,1-2H3,(H,27,29)/t22-/m1/s1. The molecule has 1 heterocycles. The molecule has 1 atom stereocenters. The highest BCUT2D eigenvalue weighted by molar-refractivity contribution is 7.88. The Morgan fingerprint density at radius 1 is 1.09 bits per heavy atom. The van der Waals surface area contributed by atoms with Crippen LogP contribution in [0.4, 0.5) is 0 Å². The number of benzene rings is 1. The Balaban J connectivity index is 1.95. The van der Waals surface area contributed by atoms with Gasteiger partial charge in [-0.3, -0.25) is 9.59 Å². The van der Waals surface area contributed by atoms with Crippen molar-refractivity contribution in [2.24, 2.45) is 0 Å². The Hall–Kier alpha value is -2.98. The zero-order valence-corrected chi connectivity index (χ0v) is 21.0. The fraction of sp³-hybridized carbons (Fsp3) is 0.480. The molecule has 1 aliphatic carbocycles. The van der Waals surface area contributed by atoms with Crippen LogP contribution in [0.5, 0.6) is 0 Å². The summed E-state index contributed by atoms with van der Waals surface area (Å²) in [5.41, 5.74) is 1.91. The number of amides is 1. The minimum Gasteiger partial charge on any atom is -0.467 e. The summed E-state index contributed by atoms with van der Waals surface area (Å²) in [6, 6.07) is 9.31. The average Bonchev–Trinajstić information content (AvgIpc) is 2.81. The number of aryl methyl sites for hydroxylation is 1. The Morgan fingerprint density at radius 3 is 2.43 bits per heavy atom. The van der Waals surface area contributed by atoms with Crippen LogP contribution in [0.15, 0.2) is 41.2 Å². The number of esters is 1. The van der Waals surface area contributed by atoms with Gasteiger partial charge in [0, 0.05) is 18.8 Å². The predicted octanol–water partition coefficient (Wildman–Crippen LogP) is 2.09. The van der Waals surface area contributed by atoms with Crippen molar-refractivity contribution in [3.05, 3.63) is 69.1 Å². The predicted molar refractivity (Wildman–Crippen MR) is 133 cm³/mol. The molecule has 0 saturated carbocycles. The summed E-state index contributed by atoms with van der Waals surface area (Å²) in [4.78, 5) is 39.2. The number of pyridine rings is 1. The van der Waals surface area contributed by atoms with Crippen LogP contribution in [0.25, 0.3) is 0 Å². The van der Waals surface area contributed by atoms with Crippen molar-refractivity contribution in [3.63, 3.8) is 0 Å². The zero-order valence-electron chi connectivity index (χ0n) is 20.2. The van der Waals surface area contributed by atoms with E-state index in [2.05, 4.69) is 10.0 Å². The van der Waals surface area contributed by atoms with E-state index < -0.39 is 33.5 Å². The number of carbonyl (C=O) groups excluding carboxylic acids is 2. The summed E-state index contributed by atoms with van der Waals surface area (Å²) >= 11 is 0. The first-order valence-electron chi connectivity index (χ1n) is 11.8. The molecule has 35 heavy (non-hydrogen) atoms. The second-order valence-electron chi connectivity index (χ2n) is 8.76. The third-order valence-corrected chi connectivity index (χ3v) is 6.84. The Morgan fingerprint density at radius 2 is 1.77 bits per heavy atom. The zero-order chi connectivity index (χ0) is 25.4. The minimum atomic E-state index is -3.33. The van der Waals surface area contributed by atoms with Gasteiger partial charge in [-0.05, 0) is 49.3 Å². The summed E-state index contributed by atoms with van der Waals surface area (Å²) < 4.78 is 31.7. The maximum absolute atomic E-state index is 13.5. The molecule has 10 heteroatoms. The molecule has 1 aromatic heterocycles. The fourth-order valence-corrected chi connectivity index (χ4v) is 4.89. The first-order chi connectivity index (χ1) is 16.7. The van der Waals surface area contributed by atoms with Gasteiger partial charge in [-0.2, -0.15) is 0 Å². The second-order valence-corrected chi connectivity index (χ2v) is 10.6. The molecule has 0 saturated heterocycles. The second kappa shape index (κ2) is 12.1. The number of carbonyl (C=O) groups is 2. The van der Waals surface area contributed by atoms with E-state index in [4.69, 9.17) is 4.74 Å². The maximum Gasteiger partial charge on any atom is 0.333 e. The molecule has 0 fully saturated rings. The molecule has 1 aliphatic rings. The molecule has 1 aromatic carbocycles. The van der Waals surface area contributed by atoms with Crippen molar-refractivity contribution in [2.75, 3.05) is 19.9 Å². The van der Waals surface area contributed by atoms with E-state index in [0.717, 1.165) is 56.0 Å². The number of ether oxygens (including phenoxy) is 1. The molecule has 9 nitrogen and oxygen atoms in total. The molecule has 0 unspecified atom stereocenters. The largest absolute Gasteiger partial charge is 0.467 e. The molecule has 0 radical (unpaired) electrons. The number of fused-ring (bicyclic) bond motifs is 1. The van der Waals surface area contributed by atoms with E-state index in [1.807, 2.05) is 0 Å². The van der Waals surface area contributed by atoms with E-state index in [9.17, 15) is 22.8 Å². The lowest BCUT2D eigenvalue weighted by Gasteiger charge is -2.22. The Bertz CT molecular complexity index is 1210. The van der Waals surface area contributed by atoms with Gasteiger partial charge in [-0.25, -0.2) is 17.9 Å². The SMILES string of the molecule is COC(=O)[C@H](NC(=O)c1cc2c(n(CCCNS(C)(=O)=O)c1=O)CCCCCC2)c1ccccc1. The van der Waals surface area contributed by atoms with Gasteiger partial charge in [0.15, 0.2) is 6.04 Å². The van der Waals surface area contributed by atoms with Crippen molar-refractivity contribution in [1.29, 1.82) is 0 Å². The number of hydrogen-bond acceptors (Lipinski definition) is 6. The van der Waals surface area contributed by atoms with Gasteiger partial charge >= 0.3 is 5.97 Å². The van der Waals surface area contributed by atoms with Gasteiger partial charge in [-0.15, -0.1) is 0 Å².